The lowest BCUT2D eigenvalue weighted by Gasteiger charge is -2.45. The minimum atomic E-state index is -0.160. The van der Waals surface area contributed by atoms with Crippen LogP contribution in [0.2, 0.25) is 35.9 Å². The predicted octanol–water partition coefficient (Wildman–Crippen LogP) is 11.3. The molecule has 0 bridgehead atoms. The standard InChI is InChI=1S/C10H21BO2.C9H19BO2.C8H17BO2.C7H15BO2.C6H13BO2.C5H11BO2/c1-8(2)11-12-9(3,4)7-10(5,6)13-11;1-7(2)10-11-8(3)6-9(4,5)12-10;1-7(2)9-10-5-8(3,4)6-11-9;1-6(2)7(3,4)10-8(5)9-6;1-6(2)7-8-4-3-5-9-7;1-5(2)6-7-3-4-8-6/h8H,7H2,1-6H3;7-8H,6H2,1-5H3;7H,5-6H2,1-4H3;1-5H3;6H,3-5H2,1-2H3;5H,3-4H2,1-2H3. The van der Waals surface area contributed by atoms with E-state index in [1.807, 2.05) is 6.82 Å². The summed E-state index contributed by atoms with van der Waals surface area (Å²) in [5, 5.41) is 0. The topological polar surface area (TPSA) is 111 Å². The van der Waals surface area contributed by atoms with Gasteiger partial charge in [0.1, 0.15) is 0 Å². The van der Waals surface area contributed by atoms with E-state index in [0.717, 1.165) is 58.9 Å². The molecular formula is C45H96B6O12. The van der Waals surface area contributed by atoms with Gasteiger partial charge in [-0.15, -0.1) is 0 Å². The molecule has 6 aliphatic heterocycles. The first-order valence-corrected chi connectivity index (χ1v) is 24.3. The van der Waals surface area contributed by atoms with Crippen molar-refractivity contribution in [3.63, 3.8) is 0 Å². The first-order chi connectivity index (χ1) is 28.6. The predicted molar refractivity (Wildman–Crippen MR) is 266 cm³/mol. The lowest BCUT2D eigenvalue weighted by Crippen LogP contribution is -2.52. The van der Waals surface area contributed by atoms with E-state index >= 15 is 0 Å². The average molecular weight is 894 g/mol. The summed E-state index contributed by atoms with van der Waals surface area (Å²) < 4.78 is 66.3. The number of hydrogen-bond donors (Lipinski definition) is 0. The summed E-state index contributed by atoms with van der Waals surface area (Å²) in [5.74, 6) is 2.31. The molecule has 1 atom stereocenters. The van der Waals surface area contributed by atoms with Gasteiger partial charge in [-0.3, -0.25) is 0 Å². The third-order valence-corrected chi connectivity index (χ3v) is 11.2. The maximum absolute atomic E-state index is 5.85. The van der Waals surface area contributed by atoms with Crippen molar-refractivity contribution >= 4 is 42.7 Å². The number of hydrogen-bond acceptors (Lipinski definition) is 12. The minimum absolute atomic E-state index is 0.0167. The van der Waals surface area contributed by atoms with Crippen LogP contribution in [-0.2, 0) is 55.9 Å². The summed E-state index contributed by atoms with van der Waals surface area (Å²) in [6.45, 7) is 55.4. The fraction of sp³-hybridized carbons (Fsp3) is 1.00. The summed E-state index contributed by atoms with van der Waals surface area (Å²) in [6, 6.07) is 0. The summed E-state index contributed by atoms with van der Waals surface area (Å²) >= 11 is 0. The Bertz CT molecular complexity index is 1200. The fourth-order valence-electron chi connectivity index (χ4n) is 7.57. The quantitative estimate of drug-likeness (QED) is 0.245. The van der Waals surface area contributed by atoms with Crippen molar-refractivity contribution < 1.29 is 55.9 Å². The molecule has 0 amide bonds. The summed E-state index contributed by atoms with van der Waals surface area (Å²) in [4.78, 5) is 0. The van der Waals surface area contributed by atoms with E-state index in [-0.39, 0.29) is 76.1 Å². The molecule has 18 heteroatoms. The van der Waals surface area contributed by atoms with Gasteiger partial charge in [-0.1, -0.05) is 83.1 Å². The monoisotopic (exact) mass is 895 g/mol. The van der Waals surface area contributed by atoms with Crippen molar-refractivity contribution in [2.45, 2.75) is 249 Å². The third kappa shape index (κ3) is 24.2. The van der Waals surface area contributed by atoms with Crippen LogP contribution in [-0.4, -0.2) is 116 Å². The molecule has 0 N–H and O–H groups in total. The molecule has 0 radical (unpaired) electrons. The maximum Gasteiger partial charge on any atom is 0.460 e. The van der Waals surface area contributed by atoms with E-state index in [4.69, 9.17) is 55.9 Å². The molecule has 0 spiro atoms. The zero-order valence-electron chi connectivity index (χ0n) is 45.2. The Hall–Kier alpha value is -0.0904. The Kier molecular flexibility index (Phi) is 25.7. The molecule has 6 heterocycles. The lowest BCUT2D eigenvalue weighted by molar-refractivity contribution is -0.0791. The van der Waals surface area contributed by atoms with Crippen LogP contribution in [0.4, 0.5) is 0 Å². The van der Waals surface area contributed by atoms with Crippen LogP contribution in [0.15, 0.2) is 0 Å². The van der Waals surface area contributed by atoms with Crippen LogP contribution in [0.3, 0.4) is 0 Å². The second-order valence-electron chi connectivity index (χ2n) is 23.5. The Labute approximate surface area is 391 Å². The highest BCUT2D eigenvalue weighted by Gasteiger charge is 2.49. The van der Waals surface area contributed by atoms with Gasteiger partial charge in [-0.05, 0) is 125 Å². The Morgan fingerprint density at radius 1 is 0.413 bits per heavy atom. The second kappa shape index (κ2) is 26.6. The highest BCUT2D eigenvalue weighted by molar-refractivity contribution is 6.48. The van der Waals surface area contributed by atoms with Crippen LogP contribution in [0.25, 0.3) is 0 Å². The van der Waals surface area contributed by atoms with Crippen molar-refractivity contribution in [1.82, 2.24) is 0 Å². The molecule has 0 aliphatic carbocycles. The zero-order chi connectivity index (χ0) is 48.8. The lowest BCUT2D eigenvalue weighted by atomic mass is 9.69. The molecule has 0 saturated carbocycles. The molecule has 6 aliphatic rings. The Morgan fingerprint density at radius 3 is 1.03 bits per heavy atom. The van der Waals surface area contributed by atoms with Gasteiger partial charge in [-0.2, -0.15) is 0 Å². The van der Waals surface area contributed by atoms with Gasteiger partial charge in [0, 0.05) is 44.4 Å². The molecule has 6 saturated heterocycles. The van der Waals surface area contributed by atoms with Crippen molar-refractivity contribution in [2.24, 2.45) is 5.41 Å². The van der Waals surface area contributed by atoms with E-state index in [1.54, 1.807) is 0 Å². The van der Waals surface area contributed by atoms with E-state index in [2.05, 4.69) is 159 Å². The molecule has 6 rings (SSSR count). The van der Waals surface area contributed by atoms with E-state index < -0.39 is 0 Å². The normalized spacial score (nSPS) is 25.6. The minimum Gasteiger partial charge on any atom is -0.411 e. The van der Waals surface area contributed by atoms with Gasteiger partial charge < -0.3 is 55.9 Å². The van der Waals surface area contributed by atoms with Crippen LogP contribution >= 0.6 is 0 Å². The highest BCUT2D eigenvalue weighted by atomic mass is 16.7. The third-order valence-electron chi connectivity index (χ3n) is 11.2. The molecule has 0 aromatic rings. The smallest absolute Gasteiger partial charge is 0.411 e. The van der Waals surface area contributed by atoms with E-state index in [0.29, 0.717) is 35.2 Å². The van der Waals surface area contributed by atoms with E-state index in [1.165, 1.54) is 0 Å². The maximum atomic E-state index is 5.85. The largest absolute Gasteiger partial charge is 0.460 e. The van der Waals surface area contributed by atoms with Gasteiger partial charge in [0.2, 0.25) is 0 Å². The average Bonchev–Trinajstić information content (AvgIpc) is 3.72. The molecule has 63 heavy (non-hydrogen) atoms. The second-order valence-corrected chi connectivity index (χ2v) is 23.5. The first-order valence-electron chi connectivity index (χ1n) is 24.3. The summed E-state index contributed by atoms with van der Waals surface area (Å²) in [7, 11) is -0.00993. The van der Waals surface area contributed by atoms with Crippen molar-refractivity contribution in [2.75, 3.05) is 39.6 Å². The van der Waals surface area contributed by atoms with Crippen molar-refractivity contribution in [3.8, 4) is 0 Å². The van der Waals surface area contributed by atoms with Crippen LogP contribution < -0.4 is 0 Å². The summed E-state index contributed by atoms with van der Waals surface area (Å²) in [5.41, 5.74) is -0.260. The van der Waals surface area contributed by atoms with E-state index in [9.17, 15) is 0 Å². The van der Waals surface area contributed by atoms with Gasteiger partial charge in [0.05, 0.1) is 41.2 Å². The molecule has 0 aromatic carbocycles. The highest BCUT2D eigenvalue weighted by Crippen LogP contribution is 2.37. The molecule has 12 nitrogen and oxygen atoms in total. The Balaban J connectivity index is 0.000000380. The van der Waals surface area contributed by atoms with Crippen LogP contribution in [0.5, 0.6) is 0 Å². The van der Waals surface area contributed by atoms with Crippen molar-refractivity contribution in [1.29, 1.82) is 0 Å². The van der Waals surface area contributed by atoms with Crippen LogP contribution in [0, 0.1) is 5.41 Å². The SMILES string of the molecule is CB1OC(C)(C)C(C)(C)O1.CC(C)B1OC(C)(C)CC(C)(C)O1.CC(C)B1OCC(C)(C)CO1.CC(C)B1OCCCO1.CC(C)B1OCCO1.CC1CC(C)(C)OB(C(C)C)O1. The Morgan fingerprint density at radius 2 is 0.746 bits per heavy atom. The van der Waals surface area contributed by atoms with Crippen LogP contribution in [0.1, 0.15) is 179 Å². The van der Waals surface area contributed by atoms with Gasteiger partial charge in [0.15, 0.2) is 0 Å². The molecule has 6 fully saturated rings. The molecule has 1 unspecified atom stereocenters. The van der Waals surface area contributed by atoms with Gasteiger partial charge in [-0.25, -0.2) is 0 Å². The molecule has 366 valence electrons. The van der Waals surface area contributed by atoms with Gasteiger partial charge in [0.25, 0.3) is 0 Å². The molecular weight excluding hydrogens is 797 g/mol. The van der Waals surface area contributed by atoms with Crippen molar-refractivity contribution in [3.05, 3.63) is 0 Å². The zero-order valence-corrected chi connectivity index (χ0v) is 45.2. The first kappa shape index (κ1) is 60.9. The number of rotatable bonds is 5. The molecule has 0 aromatic heterocycles. The summed E-state index contributed by atoms with van der Waals surface area (Å²) in [6.07, 6.45) is 3.30. The fourth-order valence-corrected chi connectivity index (χ4v) is 7.57. The van der Waals surface area contributed by atoms with Gasteiger partial charge >= 0.3 is 42.7 Å².